The molecule has 3 aliphatic rings. The Morgan fingerprint density at radius 3 is 2.68 bits per heavy atom. The van der Waals surface area contributed by atoms with E-state index in [1.807, 2.05) is 0 Å². The lowest BCUT2D eigenvalue weighted by atomic mass is 9.80. The summed E-state index contributed by atoms with van der Waals surface area (Å²) in [6, 6.07) is 3.33. The minimum Gasteiger partial charge on any atom is -0.492 e. The molecular formula is C24H36ClN3O3. The van der Waals surface area contributed by atoms with Gasteiger partial charge in [0, 0.05) is 19.2 Å². The van der Waals surface area contributed by atoms with E-state index in [4.69, 9.17) is 22.1 Å². The van der Waals surface area contributed by atoms with Crippen LogP contribution >= 0.6 is 11.6 Å². The van der Waals surface area contributed by atoms with E-state index < -0.39 is 0 Å². The molecule has 2 saturated carbocycles. The van der Waals surface area contributed by atoms with Crippen LogP contribution in [0, 0.1) is 5.92 Å². The summed E-state index contributed by atoms with van der Waals surface area (Å²) in [6.45, 7) is 3.29. The number of carbonyl (C=O) groups is 1. The van der Waals surface area contributed by atoms with Crippen molar-refractivity contribution in [2.45, 2.75) is 75.9 Å². The van der Waals surface area contributed by atoms with Crippen molar-refractivity contribution < 1.29 is 14.6 Å². The third kappa shape index (κ3) is 6.05. The van der Waals surface area contributed by atoms with E-state index >= 15 is 0 Å². The zero-order valence-corrected chi connectivity index (χ0v) is 19.1. The van der Waals surface area contributed by atoms with E-state index in [1.54, 1.807) is 12.1 Å². The molecule has 1 aromatic carbocycles. The maximum atomic E-state index is 13.5. The van der Waals surface area contributed by atoms with Gasteiger partial charge in [0.05, 0.1) is 34.5 Å². The largest absolute Gasteiger partial charge is 0.492 e. The molecule has 1 heterocycles. The van der Waals surface area contributed by atoms with E-state index in [2.05, 4.69) is 10.2 Å². The smallest absolute Gasteiger partial charge is 0.255 e. The number of nitrogen functional groups attached to an aromatic ring is 1. The van der Waals surface area contributed by atoms with E-state index in [-0.39, 0.29) is 17.6 Å². The highest BCUT2D eigenvalue weighted by Gasteiger charge is 2.37. The highest BCUT2D eigenvalue weighted by atomic mass is 35.5. The predicted octanol–water partition coefficient (Wildman–Crippen LogP) is 3.99. The first-order valence-electron chi connectivity index (χ1n) is 11.9. The Hall–Kier alpha value is -1.50. The van der Waals surface area contributed by atoms with Gasteiger partial charge in [-0.3, -0.25) is 4.79 Å². The second-order valence-electron chi connectivity index (χ2n) is 9.78. The number of amides is 1. The third-order valence-electron chi connectivity index (χ3n) is 7.02. The van der Waals surface area contributed by atoms with Crippen LogP contribution in [0.4, 0.5) is 5.69 Å². The Labute approximate surface area is 190 Å². The van der Waals surface area contributed by atoms with Crippen LogP contribution in [-0.4, -0.2) is 53.8 Å². The van der Waals surface area contributed by atoms with Crippen LogP contribution in [0.5, 0.6) is 5.75 Å². The fourth-order valence-electron chi connectivity index (χ4n) is 4.94. The number of aliphatic hydroxyl groups is 1. The number of ether oxygens (including phenoxy) is 1. The molecule has 1 aliphatic heterocycles. The molecule has 1 saturated heterocycles. The van der Waals surface area contributed by atoms with E-state index in [0.717, 1.165) is 64.6 Å². The first-order valence-corrected chi connectivity index (χ1v) is 12.3. The van der Waals surface area contributed by atoms with Gasteiger partial charge in [0.1, 0.15) is 5.75 Å². The fraction of sp³-hybridized carbons (Fsp3) is 0.708. The lowest BCUT2D eigenvalue weighted by molar-refractivity contribution is 0.0796. The van der Waals surface area contributed by atoms with Gasteiger partial charge in [0.15, 0.2) is 0 Å². The molecule has 1 unspecified atom stereocenters. The number of benzene rings is 1. The maximum absolute atomic E-state index is 13.5. The van der Waals surface area contributed by atoms with Gasteiger partial charge in [0.2, 0.25) is 0 Å². The van der Waals surface area contributed by atoms with Gasteiger partial charge in [-0.15, -0.1) is 0 Å². The first kappa shape index (κ1) is 22.7. The Balaban J connectivity index is 1.51. The summed E-state index contributed by atoms with van der Waals surface area (Å²) in [4.78, 5) is 15.9. The number of aliphatic hydroxyl groups excluding tert-OH is 1. The van der Waals surface area contributed by atoms with Gasteiger partial charge >= 0.3 is 0 Å². The summed E-state index contributed by atoms with van der Waals surface area (Å²) in [6.07, 6.45) is 10.2. The molecule has 0 radical (unpaired) electrons. The third-order valence-corrected chi connectivity index (χ3v) is 7.35. The second kappa shape index (κ2) is 9.97. The van der Waals surface area contributed by atoms with Crippen molar-refractivity contribution in [2.75, 3.05) is 32.0 Å². The highest BCUT2D eigenvalue weighted by Crippen LogP contribution is 2.35. The van der Waals surface area contributed by atoms with Crippen LogP contribution in [0.3, 0.4) is 0 Å². The van der Waals surface area contributed by atoms with Crippen LogP contribution < -0.4 is 15.8 Å². The van der Waals surface area contributed by atoms with Gasteiger partial charge in [-0.2, -0.15) is 0 Å². The summed E-state index contributed by atoms with van der Waals surface area (Å²) in [5.74, 6) is 0.968. The van der Waals surface area contributed by atoms with Crippen molar-refractivity contribution in [1.29, 1.82) is 0 Å². The van der Waals surface area contributed by atoms with Crippen LogP contribution in [0.15, 0.2) is 12.1 Å². The molecule has 1 aromatic rings. The number of nitrogens with one attached hydrogen (secondary N) is 1. The number of hydrogen-bond donors (Lipinski definition) is 3. The maximum Gasteiger partial charge on any atom is 0.255 e. The molecular weight excluding hydrogens is 414 g/mol. The molecule has 4 N–H and O–H groups in total. The number of carbonyl (C=O) groups excluding carboxylic acids is 1. The normalized spacial score (nSPS) is 24.4. The fourth-order valence-corrected chi connectivity index (χ4v) is 5.11. The van der Waals surface area contributed by atoms with Crippen LogP contribution in [0.25, 0.3) is 0 Å². The lowest BCUT2D eigenvalue weighted by Gasteiger charge is -2.42. The summed E-state index contributed by atoms with van der Waals surface area (Å²) in [5.41, 5.74) is 6.64. The first-order chi connectivity index (χ1) is 14.9. The van der Waals surface area contributed by atoms with Crippen molar-refractivity contribution in [1.82, 2.24) is 10.2 Å². The topological polar surface area (TPSA) is 87.8 Å². The predicted molar refractivity (Wildman–Crippen MR) is 124 cm³/mol. The number of nitrogens with two attached hydrogens (primary N) is 1. The van der Waals surface area contributed by atoms with Gasteiger partial charge in [-0.05, 0) is 63.5 Å². The van der Waals surface area contributed by atoms with Gasteiger partial charge in [-0.25, -0.2) is 0 Å². The zero-order valence-electron chi connectivity index (χ0n) is 18.4. The standard InChI is InChI=1S/C24H36ClN3O3/c25-20-13-19(22(14-21(20)26)31-15-17-6-7-17)23(30)27-24(9-2-1-3-10-24)16-28-11-4-5-18(29)8-12-28/h13-14,17-18,29H,1-12,15-16,26H2,(H,27,30). The second-order valence-corrected chi connectivity index (χ2v) is 10.2. The van der Waals surface area contributed by atoms with Crippen molar-refractivity contribution in [3.8, 4) is 5.75 Å². The van der Waals surface area contributed by atoms with Crippen LogP contribution in [0.1, 0.15) is 74.6 Å². The molecule has 3 fully saturated rings. The Kier molecular flexibility index (Phi) is 7.29. The van der Waals surface area contributed by atoms with E-state index in [0.29, 0.717) is 34.5 Å². The molecule has 0 bridgehead atoms. The summed E-state index contributed by atoms with van der Waals surface area (Å²) < 4.78 is 5.98. The van der Waals surface area contributed by atoms with E-state index in [9.17, 15) is 9.90 Å². The molecule has 1 atom stereocenters. The SMILES string of the molecule is Nc1cc(OCC2CC2)c(C(=O)NC2(CN3CCCC(O)CC3)CCCCC2)cc1Cl. The quantitative estimate of drug-likeness (QED) is 0.548. The monoisotopic (exact) mass is 449 g/mol. The molecule has 0 aromatic heterocycles. The summed E-state index contributed by atoms with van der Waals surface area (Å²) >= 11 is 6.28. The van der Waals surface area contributed by atoms with Crippen LogP contribution in [-0.2, 0) is 0 Å². The summed E-state index contributed by atoms with van der Waals surface area (Å²) in [7, 11) is 0. The number of anilines is 1. The number of likely N-dealkylation sites (tertiary alicyclic amines) is 1. The zero-order chi connectivity index (χ0) is 21.8. The highest BCUT2D eigenvalue weighted by molar-refractivity contribution is 6.33. The molecule has 6 nitrogen and oxygen atoms in total. The average molecular weight is 450 g/mol. The van der Waals surface area contributed by atoms with Crippen molar-refractivity contribution in [3.05, 3.63) is 22.7 Å². The Morgan fingerprint density at radius 1 is 1.16 bits per heavy atom. The van der Waals surface area contributed by atoms with E-state index in [1.165, 1.54) is 19.3 Å². The van der Waals surface area contributed by atoms with Crippen molar-refractivity contribution in [2.24, 2.45) is 5.92 Å². The van der Waals surface area contributed by atoms with Gasteiger partial charge < -0.3 is 25.8 Å². The van der Waals surface area contributed by atoms with Gasteiger partial charge in [0.25, 0.3) is 5.91 Å². The minimum absolute atomic E-state index is 0.135. The lowest BCUT2D eigenvalue weighted by Crippen LogP contribution is -2.56. The van der Waals surface area contributed by atoms with Crippen molar-refractivity contribution >= 4 is 23.2 Å². The average Bonchev–Trinajstić information content (AvgIpc) is 3.58. The summed E-state index contributed by atoms with van der Waals surface area (Å²) in [5, 5.41) is 13.8. The molecule has 7 heteroatoms. The Morgan fingerprint density at radius 2 is 1.94 bits per heavy atom. The molecule has 172 valence electrons. The van der Waals surface area contributed by atoms with Crippen LogP contribution in [0.2, 0.25) is 5.02 Å². The Bertz CT molecular complexity index is 778. The van der Waals surface area contributed by atoms with Crippen molar-refractivity contribution in [3.63, 3.8) is 0 Å². The molecule has 31 heavy (non-hydrogen) atoms. The number of rotatable bonds is 7. The number of nitrogens with zero attached hydrogens (tertiary/aromatic N) is 1. The number of hydrogen-bond acceptors (Lipinski definition) is 5. The number of halogens is 1. The molecule has 2 aliphatic carbocycles. The molecule has 1 amide bonds. The minimum atomic E-state index is -0.258. The molecule has 4 rings (SSSR count). The molecule has 0 spiro atoms. The van der Waals surface area contributed by atoms with Gasteiger partial charge in [-0.1, -0.05) is 30.9 Å².